The lowest BCUT2D eigenvalue weighted by Crippen LogP contribution is -2.56. The fourth-order valence-electron chi connectivity index (χ4n) is 2.85. The van der Waals surface area contributed by atoms with Gasteiger partial charge in [-0.05, 0) is 36.6 Å². The molecule has 1 rings (SSSR count). The van der Waals surface area contributed by atoms with Crippen LogP contribution in [0.4, 0.5) is 4.79 Å². The third-order valence-corrected chi connectivity index (χ3v) is 4.71. The summed E-state index contributed by atoms with van der Waals surface area (Å²) in [4.78, 5) is 31.8. The Morgan fingerprint density at radius 3 is 1.97 bits per heavy atom. The van der Waals surface area contributed by atoms with Gasteiger partial charge in [0.1, 0.15) is 0 Å². The van der Waals surface area contributed by atoms with Gasteiger partial charge in [0.05, 0.1) is 15.6 Å². The van der Waals surface area contributed by atoms with Crippen molar-refractivity contribution in [3.05, 3.63) is 46.5 Å². The molecular formula is C20H28Cl2N2O6. The van der Waals surface area contributed by atoms with Gasteiger partial charge in [0.15, 0.2) is 0 Å². The van der Waals surface area contributed by atoms with Crippen LogP contribution in [-0.2, 0) is 15.1 Å². The highest BCUT2D eigenvalue weighted by Gasteiger charge is 2.42. The Labute approximate surface area is 186 Å². The minimum absolute atomic E-state index is 0.200. The van der Waals surface area contributed by atoms with Crippen LogP contribution < -0.4 is 5.32 Å². The fraction of sp³-hybridized carbons (Fsp3) is 0.450. The summed E-state index contributed by atoms with van der Waals surface area (Å²) in [6, 6.07) is 5.26. The van der Waals surface area contributed by atoms with Crippen LogP contribution in [0.1, 0.15) is 32.8 Å². The molecule has 0 bridgehead atoms. The Morgan fingerprint density at radius 2 is 1.63 bits per heavy atom. The van der Waals surface area contributed by atoms with Gasteiger partial charge < -0.3 is 20.6 Å². The van der Waals surface area contributed by atoms with Gasteiger partial charge in [0.25, 0.3) is 0 Å². The van der Waals surface area contributed by atoms with E-state index in [9.17, 15) is 9.90 Å². The van der Waals surface area contributed by atoms with E-state index in [2.05, 4.69) is 11.9 Å². The molecule has 0 spiro atoms. The van der Waals surface area contributed by atoms with Crippen molar-refractivity contribution in [2.75, 3.05) is 20.1 Å². The molecule has 1 amide bonds. The third kappa shape index (κ3) is 8.22. The van der Waals surface area contributed by atoms with Crippen molar-refractivity contribution in [3.63, 3.8) is 0 Å². The van der Waals surface area contributed by atoms with Crippen molar-refractivity contribution in [3.8, 4) is 0 Å². The fourth-order valence-corrected chi connectivity index (χ4v) is 3.14. The molecule has 0 aliphatic carbocycles. The van der Waals surface area contributed by atoms with Gasteiger partial charge in [-0.3, -0.25) is 4.90 Å². The minimum atomic E-state index is -1.82. The van der Waals surface area contributed by atoms with Gasteiger partial charge in [-0.25, -0.2) is 14.4 Å². The highest BCUT2D eigenvalue weighted by Crippen LogP contribution is 2.37. The lowest BCUT2D eigenvalue weighted by molar-refractivity contribution is -0.159. The number of halogens is 2. The molecular weight excluding hydrogens is 435 g/mol. The predicted molar refractivity (Wildman–Crippen MR) is 116 cm³/mol. The van der Waals surface area contributed by atoms with E-state index in [1.165, 1.54) is 4.90 Å². The highest BCUT2D eigenvalue weighted by atomic mass is 35.5. The number of carboxylic acid groups (broad SMARTS) is 3. The van der Waals surface area contributed by atoms with Gasteiger partial charge in [-0.15, -0.1) is 6.58 Å². The second kappa shape index (κ2) is 11.8. The Balaban J connectivity index is 0.00000122. The molecule has 8 nitrogen and oxygen atoms in total. The van der Waals surface area contributed by atoms with Gasteiger partial charge in [-0.2, -0.15) is 0 Å². The molecule has 168 valence electrons. The lowest BCUT2D eigenvalue weighted by atomic mass is 9.82. The average molecular weight is 463 g/mol. The van der Waals surface area contributed by atoms with Crippen LogP contribution in [0.5, 0.6) is 0 Å². The van der Waals surface area contributed by atoms with Gasteiger partial charge in [0, 0.05) is 13.1 Å². The summed E-state index contributed by atoms with van der Waals surface area (Å²) in [5.41, 5.74) is -0.226. The van der Waals surface area contributed by atoms with Crippen molar-refractivity contribution in [1.29, 1.82) is 0 Å². The predicted octanol–water partition coefficient (Wildman–Crippen LogP) is 4.17. The summed E-state index contributed by atoms with van der Waals surface area (Å²) in [6.07, 6.45) is 1.21. The monoisotopic (exact) mass is 462 g/mol. The van der Waals surface area contributed by atoms with Gasteiger partial charge in [-0.1, -0.05) is 56.1 Å². The van der Waals surface area contributed by atoms with Crippen LogP contribution in [0, 0.1) is 5.41 Å². The summed E-state index contributed by atoms with van der Waals surface area (Å²) >= 11 is 12.2. The zero-order chi connectivity index (χ0) is 23.7. The standard InChI is InChI=1S/C18H26Cl2N2O2.C2H2O4/c1-6-9-18(11-21-5,13-7-8-14(19)15(20)10-13)22(16(23)24)12-17(2,3)4;3-1(4)2(5)6/h6-8,10,21H,1,9,11-12H2,2-5H3,(H,23,24);(H,3,4)(H,5,6). The Hall–Kier alpha value is -2.29. The van der Waals surface area contributed by atoms with E-state index in [4.69, 9.17) is 43.0 Å². The van der Waals surface area contributed by atoms with E-state index in [1.807, 2.05) is 26.8 Å². The summed E-state index contributed by atoms with van der Waals surface area (Å²) in [7, 11) is 1.80. The average Bonchev–Trinajstić information content (AvgIpc) is 2.61. The number of nitrogens with zero attached hydrogens (tertiary/aromatic N) is 1. The maximum atomic E-state index is 12.1. The number of likely N-dealkylation sites (N-methyl/N-ethyl adjacent to an activating group) is 1. The largest absolute Gasteiger partial charge is 0.473 e. The number of hydrogen-bond donors (Lipinski definition) is 4. The van der Waals surface area contributed by atoms with Crippen molar-refractivity contribution in [1.82, 2.24) is 10.2 Å². The molecule has 1 unspecified atom stereocenters. The van der Waals surface area contributed by atoms with E-state index in [-0.39, 0.29) is 5.41 Å². The molecule has 0 aliphatic heterocycles. The number of rotatable bonds is 7. The summed E-state index contributed by atoms with van der Waals surface area (Å²) in [5, 5.41) is 28.7. The lowest BCUT2D eigenvalue weighted by Gasteiger charge is -2.45. The summed E-state index contributed by atoms with van der Waals surface area (Å²) in [5.74, 6) is -3.65. The number of carboxylic acids is 2. The number of carbonyl (C=O) groups is 3. The van der Waals surface area contributed by atoms with Crippen LogP contribution in [0.2, 0.25) is 10.0 Å². The zero-order valence-corrected chi connectivity index (χ0v) is 18.9. The van der Waals surface area contributed by atoms with Crippen LogP contribution in [-0.4, -0.2) is 58.4 Å². The normalized spacial score (nSPS) is 12.7. The van der Waals surface area contributed by atoms with Gasteiger partial charge >= 0.3 is 18.0 Å². The first kappa shape index (κ1) is 27.7. The topological polar surface area (TPSA) is 127 Å². The quantitative estimate of drug-likeness (QED) is 0.353. The van der Waals surface area contributed by atoms with Crippen LogP contribution in [0.3, 0.4) is 0 Å². The number of benzene rings is 1. The van der Waals surface area contributed by atoms with Crippen molar-refractivity contribution >= 4 is 41.2 Å². The Kier molecular flexibility index (Phi) is 10.9. The minimum Gasteiger partial charge on any atom is -0.473 e. The molecule has 0 saturated heterocycles. The third-order valence-electron chi connectivity index (χ3n) is 3.97. The molecule has 0 aromatic heterocycles. The maximum absolute atomic E-state index is 12.1. The molecule has 4 N–H and O–H groups in total. The highest BCUT2D eigenvalue weighted by molar-refractivity contribution is 6.42. The number of aliphatic carboxylic acids is 2. The Bertz CT molecular complexity index is 767. The Morgan fingerprint density at radius 1 is 1.10 bits per heavy atom. The first-order valence-electron chi connectivity index (χ1n) is 8.89. The molecule has 0 heterocycles. The molecule has 0 aliphatic rings. The van der Waals surface area contributed by atoms with E-state index < -0.39 is 23.6 Å². The maximum Gasteiger partial charge on any atom is 0.414 e. The zero-order valence-electron chi connectivity index (χ0n) is 17.4. The SMILES string of the molecule is C=CCC(CNC)(c1ccc(Cl)c(Cl)c1)N(CC(C)(C)C)C(=O)O.O=C(O)C(=O)O. The molecule has 10 heteroatoms. The summed E-state index contributed by atoms with van der Waals surface area (Å²) in [6.45, 7) is 10.7. The molecule has 1 aromatic rings. The second-order valence-corrected chi connectivity index (χ2v) is 8.54. The van der Waals surface area contributed by atoms with E-state index in [1.54, 1.807) is 25.3 Å². The van der Waals surface area contributed by atoms with E-state index >= 15 is 0 Å². The number of nitrogens with one attached hydrogen (secondary N) is 1. The molecule has 0 fully saturated rings. The first-order chi connectivity index (χ1) is 13.7. The molecule has 1 atom stereocenters. The first-order valence-corrected chi connectivity index (χ1v) is 9.65. The molecule has 30 heavy (non-hydrogen) atoms. The van der Waals surface area contributed by atoms with Crippen LogP contribution in [0.15, 0.2) is 30.9 Å². The smallest absolute Gasteiger partial charge is 0.414 e. The molecule has 0 radical (unpaired) electrons. The van der Waals surface area contributed by atoms with Crippen molar-refractivity contribution < 1.29 is 29.7 Å². The van der Waals surface area contributed by atoms with Crippen LogP contribution >= 0.6 is 23.2 Å². The summed E-state index contributed by atoms with van der Waals surface area (Å²) < 4.78 is 0. The van der Waals surface area contributed by atoms with E-state index in [0.717, 1.165) is 5.56 Å². The number of hydrogen-bond acceptors (Lipinski definition) is 4. The van der Waals surface area contributed by atoms with E-state index in [0.29, 0.717) is 29.6 Å². The molecule has 0 saturated carbocycles. The van der Waals surface area contributed by atoms with Crippen molar-refractivity contribution in [2.24, 2.45) is 5.41 Å². The second-order valence-electron chi connectivity index (χ2n) is 7.72. The molecule has 1 aromatic carbocycles. The number of amides is 1. The van der Waals surface area contributed by atoms with Crippen LogP contribution in [0.25, 0.3) is 0 Å². The van der Waals surface area contributed by atoms with Gasteiger partial charge in [0.2, 0.25) is 0 Å². The van der Waals surface area contributed by atoms with Crippen molar-refractivity contribution in [2.45, 2.75) is 32.7 Å².